The molecule has 0 aromatic carbocycles. The van der Waals surface area contributed by atoms with E-state index >= 15 is 0 Å². The van der Waals surface area contributed by atoms with Gasteiger partial charge < -0.3 is 9.72 Å². The maximum atomic E-state index is 12.1. The minimum atomic E-state index is -5.20. The van der Waals surface area contributed by atoms with Crippen LogP contribution in [0.4, 0.5) is 13.2 Å². The number of aromatic amines is 1. The van der Waals surface area contributed by atoms with Gasteiger partial charge in [0.05, 0.1) is 0 Å². The molecule has 0 saturated heterocycles. The maximum Gasteiger partial charge on any atom is 0.491 e. The van der Waals surface area contributed by atoms with Gasteiger partial charge in [0.1, 0.15) is 0 Å². The molecule has 0 amide bonds. The van der Waals surface area contributed by atoms with E-state index in [0.717, 1.165) is 18.0 Å². The average Bonchev–Trinajstić information content (AvgIpc) is 2.40. The molecule has 20 heavy (non-hydrogen) atoms. The number of hydrogen-bond acceptors (Lipinski definition) is 7. The Morgan fingerprint density at radius 1 is 1.40 bits per heavy atom. The Labute approximate surface area is 112 Å². The third-order valence-electron chi connectivity index (χ3n) is 2.06. The Hall–Kier alpha value is -2.17. The van der Waals surface area contributed by atoms with Crippen molar-refractivity contribution in [1.29, 1.82) is 0 Å². The average molecular weight is 306 g/mol. The van der Waals surface area contributed by atoms with Crippen LogP contribution >= 0.6 is 11.8 Å². The van der Waals surface area contributed by atoms with Crippen LogP contribution in [0.15, 0.2) is 16.1 Å². The highest BCUT2D eigenvalue weighted by atomic mass is 32.2. The zero-order valence-corrected chi connectivity index (χ0v) is 10.5. The van der Waals surface area contributed by atoms with Crippen molar-refractivity contribution >= 4 is 28.9 Å². The van der Waals surface area contributed by atoms with Gasteiger partial charge in [0, 0.05) is 6.20 Å². The summed E-state index contributed by atoms with van der Waals surface area (Å²) < 4.78 is 40.2. The molecule has 2 aromatic rings. The smallest absolute Gasteiger partial charge is 0.414 e. The summed E-state index contributed by atoms with van der Waals surface area (Å²) in [6.45, 7) is 0. The fourth-order valence-corrected chi connectivity index (χ4v) is 1.51. The van der Waals surface area contributed by atoms with Crippen molar-refractivity contribution in [2.24, 2.45) is 0 Å². The number of pyridine rings is 1. The number of thioether (sulfide) groups is 1. The number of nitrogens with one attached hydrogen (secondary N) is 1. The van der Waals surface area contributed by atoms with E-state index in [4.69, 9.17) is 0 Å². The second-order valence-electron chi connectivity index (χ2n) is 3.37. The molecule has 2 rings (SSSR count). The van der Waals surface area contributed by atoms with Crippen LogP contribution in [0.3, 0.4) is 0 Å². The molecule has 0 spiro atoms. The summed E-state index contributed by atoms with van der Waals surface area (Å²) in [5.74, 6) is -3.30. The van der Waals surface area contributed by atoms with Crippen molar-refractivity contribution in [3.63, 3.8) is 0 Å². The fourth-order valence-electron chi connectivity index (χ4n) is 1.20. The number of H-pyrrole nitrogens is 1. The number of rotatable bonds is 2. The van der Waals surface area contributed by atoms with Gasteiger partial charge in [-0.3, -0.25) is 4.79 Å². The Morgan fingerprint density at radius 3 is 2.70 bits per heavy atom. The molecule has 0 aliphatic carbocycles. The van der Waals surface area contributed by atoms with Gasteiger partial charge in [0.2, 0.25) is 5.16 Å². The van der Waals surface area contributed by atoms with Gasteiger partial charge in [0.15, 0.2) is 16.9 Å². The SMILES string of the molecule is CSc1nnc2[nH]cc(OC(=O)C(F)(F)F)c(=O)c2n1. The van der Waals surface area contributed by atoms with Crippen LogP contribution in [0.25, 0.3) is 11.2 Å². The third-order valence-corrected chi connectivity index (χ3v) is 2.60. The van der Waals surface area contributed by atoms with E-state index in [9.17, 15) is 22.8 Å². The second kappa shape index (κ2) is 5.07. The van der Waals surface area contributed by atoms with Crippen LogP contribution in [0.2, 0.25) is 0 Å². The van der Waals surface area contributed by atoms with Gasteiger partial charge in [-0.05, 0) is 6.26 Å². The minimum Gasteiger partial charge on any atom is -0.414 e. The van der Waals surface area contributed by atoms with E-state index in [0.29, 0.717) is 0 Å². The highest BCUT2D eigenvalue weighted by Gasteiger charge is 2.41. The van der Waals surface area contributed by atoms with Gasteiger partial charge in [-0.1, -0.05) is 11.8 Å². The van der Waals surface area contributed by atoms with Crippen LogP contribution in [-0.4, -0.2) is 38.6 Å². The molecular weight excluding hydrogens is 301 g/mol. The van der Waals surface area contributed by atoms with Crippen molar-refractivity contribution in [3.05, 3.63) is 16.4 Å². The summed E-state index contributed by atoms with van der Waals surface area (Å²) in [5.41, 5.74) is -1.28. The molecule has 0 saturated carbocycles. The number of alkyl halides is 3. The first-order valence-electron chi connectivity index (χ1n) is 4.92. The predicted octanol–water partition coefficient (Wildman–Crippen LogP) is 0.903. The normalized spacial score (nSPS) is 11.6. The Balaban J connectivity index is 2.49. The number of carbonyl (C=O) groups is 1. The summed E-state index contributed by atoms with van der Waals surface area (Å²) in [7, 11) is 0. The lowest BCUT2D eigenvalue weighted by molar-refractivity contribution is -0.189. The first-order valence-corrected chi connectivity index (χ1v) is 6.14. The molecule has 7 nitrogen and oxygen atoms in total. The summed E-state index contributed by atoms with van der Waals surface area (Å²) in [6.07, 6.45) is -2.77. The Bertz CT molecular complexity index is 730. The van der Waals surface area contributed by atoms with Crippen molar-refractivity contribution in [1.82, 2.24) is 20.2 Å². The van der Waals surface area contributed by atoms with Crippen LogP contribution in [0.5, 0.6) is 5.75 Å². The number of aromatic nitrogens is 4. The van der Waals surface area contributed by atoms with Crippen LogP contribution in [0.1, 0.15) is 0 Å². The maximum absolute atomic E-state index is 12.1. The molecular formula is C9H5F3N4O3S. The summed E-state index contributed by atoms with van der Waals surface area (Å²) >= 11 is 1.09. The molecule has 0 bridgehead atoms. The van der Waals surface area contributed by atoms with Crippen molar-refractivity contribution < 1.29 is 22.7 Å². The largest absolute Gasteiger partial charge is 0.491 e. The Morgan fingerprint density at radius 2 is 2.10 bits per heavy atom. The standard InChI is InChI=1S/C9H5F3N4O3S/c1-20-8-14-4-5(17)3(2-13-6(4)15-16-8)19-7(18)9(10,11)12/h2H,1H3,(H,13,15,17). The van der Waals surface area contributed by atoms with E-state index in [2.05, 4.69) is 24.9 Å². The van der Waals surface area contributed by atoms with E-state index in [-0.39, 0.29) is 16.3 Å². The first kappa shape index (κ1) is 14.2. The first-order chi connectivity index (χ1) is 9.32. The number of esters is 1. The molecule has 0 aliphatic heterocycles. The topological polar surface area (TPSA) is 97.8 Å². The zero-order chi connectivity index (χ0) is 14.9. The van der Waals surface area contributed by atoms with Gasteiger partial charge in [-0.25, -0.2) is 9.78 Å². The molecule has 0 fully saturated rings. The Kier molecular flexibility index (Phi) is 3.61. The lowest BCUT2D eigenvalue weighted by atomic mass is 10.4. The fraction of sp³-hybridized carbons (Fsp3) is 0.222. The molecule has 0 aliphatic rings. The predicted molar refractivity (Wildman–Crippen MR) is 61.4 cm³/mol. The minimum absolute atomic E-state index is 0.0281. The van der Waals surface area contributed by atoms with Crippen LogP contribution in [-0.2, 0) is 4.79 Å². The number of nitrogens with zero attached hydrogens (tertiary/aromatic N) is 3. The van der Waals surface area contributed by atoms with Crippen molar-refractivity contribution in [3.8, 4) is 5.75 Å². The highest BCUT2D eigenvalue weighted by Crippen LogP contribution is 2.18. The summed E-state index contributed by atoms with van der Waals surface area (Å²) in [6, 6.07) is 0. The van der Waals surface area contributed by atoms with Crippen LogP contribution < -0.4 is 10.2 Å². The molecule has 11 heteroatoms. The molecule has 1 N–H and O–H groups in total. The van der Waals surface area contributed by atoms with Crippen molar-refractivity contribution in [2.45, 2.75) is 11.3 Å². The van der Waals surface area contributed by atoms with E-state index in [1.165, 1.54) is 0 Å². The third kappa shape index (κ3) is 2.71. The monoisotopic (exact) mass is 306 g/mol. The molecule has 0 radical (unpaired) electrons. The highest BCUT2D eigenvalue weighted by molar-refractivity contribution is 7.98. The number of carbonyl (C=O) groups excluding carboxylic acids is 1. The van der Waals surface area contributed by atoms with E-state index in [1.54, 1.807) is 6.26 Å². The van der Waals surface area contributed by atoms with E-state index < -0.39 is 23.3 Å². The number of ether oxygens (including phenoxy) is 1. The van der Waals surface area contributed by atoms with Crippen LogP contribution in [0, 0.1) is 0 Å². The molecule has 2 heterocycles. The quantitative estimate of drug-likeness (QED) is 0.650. The lowest BCUT2D eigenvalue weighted by Gasteiger charge is -2.06. The van der Waals surface area contributed by atoms with Gasteiger partial charge in [0.25, 0.3) is 5.43 Å². The lowest BCUT2D eigenvalue weighted by Crippen LogP contribution is -2.30. The summed E-state index contributed by atoms with van der Waals surface area (Å²) in [5, 5.41) is 7.43. The number of halogens is 3. The van der Waals surface area contributed by atoms with Gasteiger partial charge in [-0.15, -0.1) is 10.2 Å². The molecule has 0 atom stereocenters. The second-order valence-corrected chi connectivity index (χ2v) is 4.14. The van der Waals surface area contributed by atoms with E-state index in [1.807, 2.05) is 0 Å². The van der Waals surface area contributed by atoms with Gasteiger partial charge >= 0.3 is 12.1 Å². The molecule has 106 valence electrons. The molecule has 2 aromatic heterocycles. The number of fused-ring (bicyclic) bond motifs is 1. The molecule has 0 unspecified atom stereocenters. The zero-order valence-electron chi connectivity index (χ0n) is 9.69. The summed E-state index contributed by atoms with van der Waals surface area (Å²) in [4.78, 5) is 28.7. The van der Waals surface area contributed by atoms with Gasteiger partial charge in [-0.2, -0.15) is 13.2 Å². The van der Waals surface area contributed by atoms with Crippen molar-refractivity contribution in [2.75, 3.05) is 6.26 Å². The number of hydrogen-bond donors (Lipinski definition) is 1.